The van der Waals surface area contributed by atoms with Crippen molar-refractivity contribution in [3.63, 3.8) is 0 Å². The topological polar surface area (TPSA) is 84.1 Å². The molecule has 1 amide bonds. The average molecular weight is 340 g/mol. The van der Waals surface area contributed by atoms with Crippen LogP contribution in [0.5, 0.6) is 0 Å². The minimum Gasteiger partial charge on any atom is -0.461 e. The van der Waals surface area contributed by atoms with Gasteiger partial charge in [0.1, 0.15) is 5.69 Å². The van der Waals surface area contributed by atoms with E-state index >= 15 is 0 Å². The Morgan fingerprint density at radius 3 is 3.00 bits per heavy atom. The van der Waals surface area contributed by atoms with Crippen molar-refractivity contribution in [3.05, 3.63) is 41.2 Å². The molecule has 0 saturated carbocycles. The molecule has 0 atom stereocenters. The Balaban J connectivity index is 1.85. The van der Waals surface area contributed by atoms with Crippen molar-refractivity contribution in [1.29, 1.82) is 0 Å². The highest BCUT2D eigenvalue weighted by atomic mass is 35.5. The molecule has 1 aromatic heterocycles. The third kappa shape index (κ3) is 4.78. The van der Waals surface area contributed by atoms with Crippen molar-refractivity contribution in [2.45, 2.75) is 12.1 Å². The fourth-order valence-electron chi connectivity index (χ4n) is 1.59. The summed E-state index contributed by atoms with van der Waals surface area (Å²) in [6.07, 6.45) is 1.38. The van der Waals surface area contributed by atoms with E-state index in [0.29, 0.717) is 22.5 Å². The standard InChI is InChI=1S/C14H14ClN3O3S/c1-2-21-13(20)11-7-16-14(18-11)22-8-12(19)17-10-5-3-4-9(15)6-10/h3-7H,2,8H2,1H3,(H,16,18)(H,17,19). The van der Waals surface area contributed by atoms with Crippen molar-refractivity contribution in [1.82, 2.24) is 9.97 Å². The quantitative estimate of drug-likeness (QED) is 0.624. The Hall–Kier alpha value is -1.99. The van der Waals surface area contributed by atoms with Gasteiger partial charge in [-0.2, -0.15) is 0 Å². The molecule has 6 nitrogen and oxygen atoms in total. The summed E-state index contributed by atoms with van der Waals surface area (Å²) in [6, 6.07) is 6.89. The van der Waals surface area contributed by atoms with E-state index in [1.54, 1.807) is 31.2 Å². The lowest BCUT2D eigenvalue weighted by Crippen LogP contribution is -2.14. The molecule has 22 heavy (non-hydrogen) atoms. The summed E-state index contributed by atoms with van der Waals surface area (Å²) in [5.74, 6) is -0.506. The Labute approximate surface area is 136 Å². The number of anilines is 1. The number of thioether (sulfide) groups is 1. The van der Waals surface area contributed by atoms with Crippen LogP contribution in [0.4, 0.5) is 5.69 Å². The van der Waals surface area contributed by atoms with Gasteiger partial charge in [0, 0.05) is 10.7 Å². The van der Waals surface area contributed by atoms with Gasteiger partial charge >= 0.3 is 5.97 Å². The molecule has 0 bridgehead atoms. The van der Waals surface area contributed by atoms with Crippen LogP contribution in [0.15, 0.2) is 35.6 Å². The maximum atomic E-state index is 11.8. The molecule has 2 rings (SSSR count). The number of ether oxygens (including phenoxy) is 1. The Kier molecular flexibility index (Phi) is 5.85. The molecule has 2 N–H and O–H groups in total. The van der Waals surface area contributed by atoms with E-state index in [9.17, 15) is 9.59 Å². The molecule has 116 valence electrons. The second kappa shape index (κ2) is 7.86. The number of imidazole rings is 1. The zero-order valence-corrected chi connectivity index (χ0v) is 13.3. The monoisotopic (exact) mass is 339 g/mol. The summed E-state index contributed by atoms with van der Waals surface area (Å²) >= 11 is 7.03. The third-order valence-electron chi connectivity index (χ3n) is 2.50. The number of amides is 1. The van der Waals surface area contributed by atoms with Crippen molar-refractivity contribution < 1.29 is 14.3 Å². The van der Waals surface area contributed by atoms with E-state index in [4.69, 9.17) is 16.3 Å². The second-order valence-corrected chi connectivity index (χ2v) is 5.57. The lowest BCUT2D eigenvalue weighted by molar-refractivity contribution is -0.113. The Morgan fingerprint density at radius 2 is 2.27 bits per heavy atom. The van der Waals surface area contributed by atoms with Gasteiger partial charge in [-0.1, -0.05) is 29.4 Å². The van der Waals surface area contributed by atoms with Gasteiger partial charge in [0.15, 0.2) is 5.16 Å². The number of benzene rings is 1. The summed E-state index contributed by atoms with van der Waals surface area (Å²) in [5, 5.41) is 3.75. The number of hydrogen-bond acceptors (Lipinski definition) is 5. The average Bonchev–Trinajstić information content (AvgIpc) is 2.94. The van der Waals surface area contributed by atoms with Gasteiger partial charge in [-0.25, -0.2) is 9.78 Å². The lowest BCUT2D eigenvalue weighted by Gasteiger charge is -2.04. The maximum absolute atomic E-state index is 11.8. The van der Waals surface area contributed by atoms with E-state index in [-0.39, 0.29) is 17.4 Å². The molecular weight excluding hydrogens is 326 g/mol. The number of nitrogens with zero attached hydrogens (tertiary/aromatic N) is 1. The molecular formula is C14H14ClN3O3S. The number of aromatic nitrogens is 2. The highest BCUT2D eigenvalue weighted by Crippen LogP contribution is 2.17. The van der Waals surface area contributed by atoms with E-state index < -0.39 is 5.97 Å². The van der Waals surface area contributed by atoms with Crippen molar-refractivity contribution in [2.24, 2.45) is 0 Å². The minimum atomic E-state index is -0.467. The van der Waals surface area contributed by atoms with Gasteiger partial charge in [-0.3, -0.25) is 4.79 Å². The predicted octanol–water partition coefficient (Wildman–Crippen LogP) is 2.97. The van der Waals surface area contributed by atoms with Crippen LogP contribution in [0.2, 0.25) is 5.02 Å². The largest absolute Gasteiger partial charge is 0.461 e. The zero-order chi connectivity index (χ0) is 15.9. The summed E-state index contributed by atoms with van der Waals surface area (Å²) in [5.41, 5.74) is 0.893. The third-order valence-corrected chi connectivity index (χ3v) is 3.62. The SMILES string of the molecule is CCOC(=O)c1cnc(SCC(=O)Nc2cccc(Cl)c2)[nH]1. The molecule has 0 aliphatic heterocycles. The van der Waals surface area contributed by atoms with E-state index in [1.807, 2.05) is 0 Å². The molecule has 2 aromatic rings. The van der Waals surface area contributed by atoms with Crippen LogP contribution in [0.1, 0.15) is 17.4 Å². The van der Waals surface area contributed by atoms with Crippen LogP contribution in [-0.4, -0.2) is 34.2 Å². The van der Waals surface area contributed by atoms with Gasteiger partial charge in [0.05, 0.1) is 18.6 Å². The first-order valence-corrected chi connectivity index (χ1v) is 7.85. The van der Waals surface area contributed by atoms with Crippen LogP contribution in [0, 0.1) is 0 Å². The first-order chi connectivity index (χ1) is 10.6. The van der Waals surface area contributed by atoms with Crippen LogP contribution < -0.4 is 5.32 Å². The molecule has 0 spiro atoms. The highest BCUT2D eigenvalue weighted by molar-refractivity contribution is 7.99. The highest BCUT2D eigenvalue weighted by Gasteiger charge is 2.12. The maximum Gasteiger partial charge on any atom is 0.356 e. The smallest absolute Gasteiger partial charge is 0.356 e. The number of halogens is 1. The molecule has 0 fully saturated rings. The normalized spacial score (nSPS) is 10.3. The first kappa shape index (κ1) is 16.4. The Bertz CT molecular complexity index is 675. The number of aromatic amines is 1. The minimum absolute atomic E-state index is 0.155. The number of rotatable bonds is 6. The Morgan fingerprint density at radius 1 is 1.45 bits per heavy atom. The zero-order valence-electron chi connectivity index (χ0n) is 11.8. The molecule has 0 saturated heterocycles. The number of esters is 1. The van der Waals surface area contributed by atoms with E-state index in [1.165, 1.54) is 18.0 Å². The summed E-state index contributed by atoms with van der Waals surface area (Å²) in [6.45, 7) is 2.02. The van der Waals surface area contributed by atoms with Gasteiger partial charge in [-0.15, -0.1) is 0 Å². The summed E-state index contributed by atoms with van der Waals surface area (Å²) < 4.78 is 4.85. The molecule has 0 aliphatic carbocycles. The van der Waals surface area contributed by atoms with Crippen LogP contribution in [0.3, 0.4) is 0 Å². The number of H-pyrrole nitrogens is 1. The van der Waals surface area contributed by atoms with E-state index in [2.05, 4.69) is 15.3 Å². The van der Waals surface area contributed by atoms with Gasteiger partial charge in [-0.05, 0) is 25.1 Å². The number of carbonyl (C=O) groups excluding carboxylic acids is 2. The number of hydrogen-bond donors (Lipinski definition) is 2. The second-order valence-electron chi connectivity index (χ2n) is 4.17. The van der Waals surface area contributed by atoms with Gasteiger partial charge in [0.25, 0.3) is 0 Å². The molecule has 0 unspecified atom stereocenters. The van der Waals surface area contributed by atoms with Gasteiger partial charge in [0.2, 0.25) is 5.91 Å². The van der Waals surface area contributed by atoms with Crippen LogP contribution >= 0.6 is 23.4 Å². The number of carbonyl (C=O) groups is 2. The molecule has 1 aromatic carbocycles. The number of nitrogens with one attached hydrogen (secondary N) is 2. The van der Waals surface area contributed by atoms with Gasteiger partial charge < -0.3 is 15.0 Å². The van der Waals surface area contributed by atoms with E-state index in [0.717, 1.165) is 0 Å². The summed E-state index contributed by atoms with van der Waals surface area (Å²) in [7, 11) is 0. The first-order valence-electron chi connectivity index (χ1n) is 6.49. The van der Waals surface area contributed by atoms with Crippen LogP contribution in [-0.2, 0) is 9.53 Å². The van der Waals surface area contributed by atoms with Crippen molar-refractivity contribution in [2.75, 3.05) is 17.7 Å². The molecule has 1 heterocycles. The predicted molar refractivity (Wildman–Crippen MR) is 85.3 cm³/mol. The molecule has 8 heteroatoms. The lowest BCUT2D eigenvalue weighted by atomic mass is 10.3. The molecule has 0 radical (unpaired) electrons. The fourth-order valence-corrected chi connectivity index (χ4v) is 2.43. The van der Waals surface area contributed by atoms with Crippen molar-refractivity contribution in [3.8, 4) is 0 Å². The van der Waals surface area contributed by atoms with Crippen LogP contribution in [0.25, 0.3) is 0 Å². The summed E-state index contributed by atoms with van der Waals surface area (Å²) in [4.78, 5) is 30.1. The van der Waals surface area contributed by atoms with Crippen molar-refractivity contribution >= 4 is 40.9 Å². The fraction of sp³-hybridized carbons (Fsp3) is 0.214. The molecule has 0 aliphatic rings.